The summed E-state index contributed by atoms with van der Waals surface area (Å²) in [6.07, 6.45) is 33.2. The summed E-state index contributed by atoms with van der Waals surface area (Å²) in [5.41, 5.74) is 8.69. The van der Waals surface area contributed by atoms with Gasteiger partial charge in [-0.2, -0.15) is 0 Å². The molecule has 0 saturated carbocycles. The molecule has 0 spiro atoms. The summed E-state index contributed by atoms with van der Waals surface area (Å²) in [5.74, 6) is 0. The van der Waals surface area contributed by atoms with Crippen LogP contribution in [-0.4, -0.2) is 0 Å². The van der Waals surface area contributed by atoms with Crippen LogP contribution in [0.15, 0.2) is 6.07 Å². The lowest BCUT2D eigenvalue weighted by molar-refractivity contribution is 0.609. The van der Waals surface area contributed by atoms with Gasteiger partial charge in [0.05, 0.1) is 0 Å². The minimum Gasteiger partial charge on any atom is -0.0654 e. The van der Waals surface area contributed by atoms with Crippen molar-refractivity contribution >= 4 is 0 Å². The van der Waals surface area contributed by atoms with E-state index in [-0.39, 0.29) is 0 Å². The number of hydrogen-bond acceptors (Lipinski definition) is 0. The van der Waals surface area contributed by atoms with Crippen LogP contribution in [0.1, 0.15) is 184 Å². The Labute approximate surface area is 222 Å². The Morgan fingerprint density at radius 2 is 0.714 bits per heavy atom. The molecule has 204 valence electrons. The molecule has 0 aliphatic heterocycles. The molecule has 0 unspecified atom stereocenters. The van der Waals surface area contributed by atoms with Crippen molar-refractivity contribution in [2.75, 3.05) is 0 Å². The predicted octanol–water partition coefficient (Wildman–Crippen LogP) is 12.0. The molecular formula is C35H64. The minimum absolute atomic E-state index is 1.30. The van der Waals surface area contributed by atoms with E-state index in [0.717, 1.165) is 0 Å². The molecule has 0 fully saturated rings. The highest BCUT2D eigenvalue weighted by molar-refractivity contribution is 5.46. The van der Waals surface area contributed by atoms with Gasteiger partial charge in [-0.25, -0.2) is 0 Å². The normalized spacial score (nSPS) is 11.5. The van der Waals surface area contributed by atoms with Crippen molar-refractivity contribution in [2.45, 2.75) is 189 Å². The Morgan fingerprint density at radius 1 is 0.371 bits per heavy atom. The summed E-state index contributed by atoms with van der Waals surface area (Å²) in [6, 6.07) is 2.69. The van der Waals surface area contributed by atoms with Gasteiger partial charge in [0.25, 0.3) is 0 Å². The molecule has 35 heavy (non-hydrogen) atoms. The van der Waals surface area contributed by atoms with Crippen molar-refractivity contribution in [1.29, 1.82) is 0 Å². The molecule has 0 heterocycles. The molecule has 0 bridgehead atoms. The maximum Gasteiger partial charge on any atom is -0.0273 e. The molecule has 0 atom stereocenters. The maximum atomic E-state index is 2.69. The third-order valence-electron chi connectivity index (χ3n) is 8.19. The lowest BCUT2D eigenvalue weighted by Crippen LogP contribution is -2.08. The van der Waals surface area contributed by atoms with Crippen LogP contribution in [0.4, 0.5) is 0 Å². The van der Waals surface area contributed by atoms with Crippen LogP contribution in [-0.2, 0) is 25.7 Å². The van der Waals surface area contributed by atoms with Crippen molar-refractivity contribution in [3.05, 3.63) is 33.9 Å². The molecule has 0 N–H and O–H groups in total. The molecule has 0 aliphatic carbocycles. The zero-order valence-corrected chi connectivity index (χ0v) is 25.0. The molecule has 0 radical (unpaired) electrons. The van der Waals surface area contributed by atoms with Gasteiger partial charge >= 0.3 is 0 Å². The summed E-state index contributed by atoms with van der Waals surface area (Å²) < 4.78 is 0. The average Bonchev–Trinajstić information content (AvgIpc) is 2.86. The molecule has 1 aromatic carbocycles. The second-order valence-electron chi connectivity index (χ2n) is 11.4. The molecule has 0 aliphatic rings. The van der Waals surface area contributed by atoms with Crippen molar-refractivity contribution in [3.8, 4) is 0 Å². The molecule has 0 aromatic heterocycles. The monoisotopic (exact) mass is 485 g/mol. The summed E-state index contributed by atoms with van der Waals surface area (Å²) in [5, 5.41) is 0. The van der Waals surface area contributed by atoms with E-state index in [0.29, 0.717) is 0 Å². The summed E-state index contributed by atoms with van der Waals surface area (Å²) in [4.78, 5) is 0. The third kappa shape index (κ3) is 14.5. The van der Waals surface area contributed by atoms with Crippen molar-refractivity contribution in [1.82, 2.24) is 0 Å². The molecular weight excluding hydrogens is 420 g/mol. The van der Waals surface area contributed by atoms with Crippen molar-refractivity contribution in [3.63, 3.8) is 0 Å². The SMILES string of the molecule is CCCCCCCc1cc(CCCCCCC)c(CCCCCCC)c(CCCCCCC)c1C. The first-order chi connectivity index (χ1) is 17.2. The van der Waals surface area contributed by atoms with Gasteiger partial charge in [0.1, 0.15) is 0 Å². The minimum atomic E-state index is 1.30. The lowest BCUT2D eigenvalue weighted by atomic mass is 9.83. The Hall–Kier alpha value is -0.780. The van der Waals surface area contributed by atoms with Gasteiger partial charge in [0.2, 0.25) is 0 Å². The first-order valence-corrected chi connectivity index (χ1v) is 16.3. The van der Waals surface area contributed by atoms with E-state index in [2.05, 4.69) is 40.7 Å². The fourth-order valence-electron chi connectivity index (χ4n) is 5.80. The van der Waals surface area contributed by atoms with Gasteiger partial charge in [0.15, 0.2) is 0 Å². The second kappa shape index (κ2) is 22.4. The number of rotatable bonds is 24. The van der Waals surface area contributed by atoms with Gasteiger partial charge in [-0.3, -0.25) is 0 Å². The Bertz CT molecular complexity index is 611. The lowest BCUT2D eigenvalue weighted by Gasteiger charge is -2.22. The highest BCUT2D eigenvalue weighted by Crippen LogP contribution is 2.30. The fraction of sp³-hybridized carbons (Fsp3) is 0.829. The Balaban J connectivity index is 3.05. The Kier molecular flexibility index (Phi) is 20.7. The highest BCUT2D eigenvalue weighted by Gasteiger charge is 2.15. The summed E-state index contributed by atoms with van der Waals surface area (Å²) in [7, 11) is 0. The number of unbranched alkanes of at least 4 members (excludes halogenated alkanes) is 16. The molecule has 0 heteroatoms. The fourth-order valence-corrected chi connectivity index (χ4v) is 5.80. The maximum absolute atomic E-state index is 2.69. The van der Waals surface area contributed by atoms with Crippen molar-refractivity contribution in [2.24, 2.45) is 0 Å². The van der Waals surface area contributed by atoms with Gasteiger partial charge < -0.3 is 0 Å². The van der Waals surface area contributed by atoms with Crippen LogP contribution in [0.25, 0.3) is 0 Å². The predicted molar refractivity (Wildman–Crippen MR) is 161 cm³/mol. The zero-order chi connectivity index (χ0) is 25.6. The van der Waals surface area contributed by atoms with E-state index in [1.807, 2.05) is 0 Å². The second-order valence-corrected chi connectivity index (χ2v) is 11.4. The molecule has 0 nitrogen and oxygen atoms in total. The van der Waals surface area contributed by atoms with Crippen LogP contribution in [0, 0.1) is 6.92 Å². The summed E-state index contributed by atoms with van der Waals surface area (Å²) >= 11 is 0. The number of aryl methyl sites for hydroxylation is 2. The highest BCUT2D eigenvalue weighted by atomic mass is 14.2. The number of hydrogen-bond donors (Lipinski definition) is 0. The van der Waals surface area contributed by atoms with E-state index in [4.69, 9.17) is 0 Å². The van der Waals surface area contributed by atoms with E-state index in [9.17, 15) is 0 Å². The first-order valence-electron chi connectivity index (χ1n) is 16.3. The van der Waals surface area contributed by atoms with Gasteiger partial charge in [0, 0.05) is 0 Å². The topological polar surface area (TPSA) is 0 Å². The van der Waals surface area contributed by atoms with Crippen LogP contribution < -0.4 is 0 Å². The third-order valence-corrected chi connectivity index (χ3v) is 8.19. The summed E-state index contributed by atoms with van der Waals surface area (Å²) in [6.45, 7) is 11.8. The van der Waals surface area contributed by atoms with E-state index >= 15 is 0 Å². The first kappa shape index (κ1) is 32.2. The molecule has 1 rings (SSSR count). The van der Waals surface area contributed by atoms with Crippen LogP contribution >= 0.6 is 0 Å². The number of benzene rings is 1. The average molecular weight is 485 g/mol. The van der Waals surface area contributed by atoms with Gasteiger partial charge in [-0.05, 0) is 86.1 Å². The van der Waals surface area contributed by atoms with Crippen LogP contribution in [0.3, 0.4) is 0 Å². The smallest absolute Gasteiger partial charge is 0.0273 e. The van der Waals surface area contributed by atoms with E-state index in [1.165, 1.54) is 154 Å². The molecule has 1 aromatic rings. The van der Waals surface area contributed by atoms with Crippen molar-refractivity contribution < 1.29 is 0 Å². The Morgan fingerprint density at radius 3 is 1.14 bits per heavy atom. The van der Waals surface area contributed by atoms with Crippen LogP contribution in [0.2, 0.25) is 0 Å². The van der Waals surface area contributed by atoms with E-state index in [1.54, 1.807) is 27.8 Å². The molecule has 0 saturated heterocycles. The molecule has 0 amide bonds. The quantitative estimate of drug-likeness (QED) is 0.128. The van der Waals surface area contributed by atoms with Gasteiger partial charge in [-0.1, -0.05) is 136 Å². The standard InChI is InChI=1S/C35H64/c1-6-10-14-18-22-26-32-30-33(27-23-19-15-11-7-2)35(29-25-21-17-13-9-4)34(31(32)5)28-24-20-16-12-8-3/h30H,6-29H2,1-5H3. The van der Waals surface area contributed by atoms with Gasteiger partial charge in [-0.15, -0.1) is 0 Å². The van der Waals surface area contributed by atoms with E-state index < -0.39 is 0 Å². The van der Waals surface area contributed by atoms with Crippen LogP contribution in [0.5, 0.6) is 0 Å². The largest absolute Gasteiger partial charge is 0.0654 e. The zero-order valence-electron chi connectivity index (χ0n) is 25.0.